The van der Waals surface area contributed by atoms with E-state index in [1.165, 1.54) is 0 Å². The summed E-state index contributed by atoms with van der Waals surface area (Å²) < 4.78 is 5.82. The van der Waals surface area contributed by atoms with Gasteiger partial charge in [-0.05, 0) is 25.5 Å². The van der Waals surface area contributed by atoms with Crippen molar-refractivity contribution >= 4 is 11.8 Å². The fraction of sp³-hybridized carbons (Fsp3) is 0.533. The van der Waals surface area contributed by atoms with Crippen LogP contribution in [0.3, 0.4) is 0 Å². The smallest absolute Gasteiger partial charge is 0.323 e. The molecule has 0 aromatic carbocycles. The number of fused-ring (bicyclic) bond motifs is 5. The van der Waals surface area contributed by atoms with Gasteiger partial charge < -0.3 is 9.64 Å². The first-order valence-electron chi connectivity index (χ1n) is 7.32. The van der Waals surface area contributed by atoms with Gasteiger partial charge in [0.15, 0.2) is 5.82 Å². The van der Waals surface area contributed by atoms with Crippen molar-refractivity contribution in [2.24, 2.45) is 11.8 Å². The fourth-order valence-corrected chi connectivity index (χ4v) is 3.49. The molecule has 110 valence electrons. The first-order valence-corrected chi connectivity index (χ1v) is 7.32. The Labute approximate surface area is 123 Å². The molecule has 3 aliphatic heterocycles. The summed E-state index contributed by atoms with van der Waals surface area (Å²) in [6.07, 6.45) is 4.64. The molecule has 4 atom stereocenters. The first-order chi connectivity index (χ1) is 10.1. The summed E-state index contributed by atoms with van der Waals surface area (Å²) in [5.41, 5.74) is 1.90. The Morgan fingerprint density at radius 1 is 1.24 bits per heavy atom. The molecule has 6 heteroatoms. The number of nitrogens with one attached hydrogen (secondary N) is 1. The minimum atomic E-state index is -0.0960. The highest BCUT2D eigenvalue weighted by Gasteiger charge is 2.51. The SMILES string of the molecule is Cc1cc(NC(=O)N2C[C@@H]3[C@H](C2)[C@H]2C=C[C@H]3O2)nnc1C. The largest absolute Gasteiger partial charge is 0.366 e. The van der Waals surface area contributed by atoms with E-state index in [1.54, 1.807) is 0 Å². The van der Waals surface area contributed by atoms with Crippen LogP contribution < -0.4 is 5.32 Å². The van der Waals surface area contributed by atoms with Crippen molar-refractivity contribution in [3.05, 3.63) is 29.5 Å². The van der Waals surface area contributed by atoms with Crippen molar-refractivity contribution in [2.75, 3.05) is 18.4 Å². The van der Waals surface area contributed by atoms with Crippen LogP contribution in [0.4, 0.5) is 10.6 Å². The molecule has 0 unspecified atom stereocenters. The number of hydrogen-bond donors (Lipinski definition) is 1. The second-order valence-corrected chi connectivity index (χ2v) is 6.11. The lowest BCUT2D eigenvalue weighted by Crippen LogP contribution is -2.35. The number of ether oxygens (including phenoxy) is 1. The number of nitrogens with zero attached hydrogens (tertiary/aromatic N) is 3. The Kier molecular flexibility index (Phi) is 2.75. The van der Waals surface area contributed by atoms with E-state index in [2.05, 4.69) is 27.7 Å². The predicted molar refractivity (Wildman–Crippen MR) is 76.9 cm³/mol. The number of carbonyl (C=O) groups is 1. The topological polar surface area (TPSA) is 67.4 Å². The lowest BCUT2D eigenvalue weighted by atomic mass is 9.86. The maximum atomic E-state index is 12.4. The number of rotatable bonds is 1. The van der Waals surface area contributed by atoms with Crippen molar-refractivity contribution in [1.29, 1.82) is 0 Å². The highest BCUT2D eigenvalue weighted by atomic mass is 16.5. The molecule has 6 nitrogen and oxygen atoms in total. The molecular formula is C15H18N4O2. The summed E-state index contributed by atoms with van der Waals surface area (Å²) in [5, 5.41) is 10.9. The zero-order chi connectivity index (χ0) is 14.6. The molecule has 1 aromatic rings. The van der Waals surface area contributed by atoms with Gasteiger partial charge in [0, 0.05) is 24.9 Å². The van der Waals surface area contributed by atoms with Gasteiger partial charge in [-0.2, -0.15) is 5.10 Å². The van der Waals surface area contributed by atoms with Crippen LogP contribution in [0.2, 0.25) is 0 Å². The van der Waals surface area contributed by atoms with Gasteiger partial charge in [-0.1, -0.05) is 12.2 Å². The molecule has 0 radical (unpaired) electrons. The second kappa shape index (κ2) is 4.53. The summed E-state index contributed by atoms with van der Waals surface area (Å²) in [6.45, 7) is 5.36. The lowest BCUT2D eigenvalue weighted by molar-refractivity contribution is 0.0892. The minimum absolute atomic E-state index is 0.0960. The molecule has 2 amide bonds. The normalized spacial score (nSPS) is 32.6. The predicted octanol–water partition coefficient (Wildman–Crippen LogP) is 1.51. The molecular weight excluding hydrogens is 268 g/mol. The maximum absolute atomic E-state index is 12.4. The summed E-state index contributed by atoms with van der Waals surface area (Å²) in [4.78, 5) is 14.2. The second-order valence-electron chi connectivity index (χ2n) is 6.11. The molecule has 2 fully saturated rings. The number of likely N-dealkylation sites (tertiary alicyclic amines) is 1. The summed E-state index contributed by atoms with van der Waals surface area (Å²) in [7, 11) is 0. The molecule has 2 saturated heterocycles. The third-order valence-electron chi connectivity index (χ3n) is 4.81. The number of aromatic nitrogens is 2. The van der Waals surface area contributed by atoms with Gasteiger partial charge in [0.25, 0.3) is 0 Å². The van der Waals surface area contributed by atoms with Crippen molar-refractivity contribution in [2.45, 2.75) is 26.1 Å². The molecule has 0 aliphatic carbocycles. The Morgan fingerprint density at radius 3 is 2.52 bits per heavy atom. The molecule has 0 spiro atoms. The van der Waals surface area contributed by atoms with E-state index in [9.17, 15) is 4.79 Å². The Balaban J connectivity index is 1.44. The molecule has 2 bridgehead atoms. The summed E-state index contributed by atoms with van der Waals surface area (Å²) >= 11 is 0. The van der Waals surface area contributed by atoms with Gasteiger partial charge in [0.2, 0.25) is 0 Å². The van der Waals surface area contributed by atoms with Crippen LogP contribution in [-0.4, -0.2) is 46.4 Å². The van der Waals surface area contributed by atoms with Crippen LogP contribution >= 0.6 is 0 Å². The Bertz CT molecular complexity index is 610. The zero-order valence-electron chi connectivity index (χ0n) is 12.1. The Hall–Kier alpha value is -1.95. The third kappa shape index (κ3) is 2.01. The van der Waals surface area contributed by atoms with Crippen molar-refractivity contribution in [3.8, 4) is 0 Å². The number of aryl methyl sites for hydroxylation is 2. The summed E-state index contributed by atoms with van der Waals surface area (Å²) in [6, 6.07) is 1.76. The molecule has 0 saturated carbocycles. The van der Waals surface area contributed by atoms with E-state index in [0.29, 0.717) is 17.7 Å². The highest BCUT2D eigenvalue weighted by Crippen LogP contribution is 2.43. The quantitative estimate of drug-likeness (QED) is 0.795. The molecule has 1 aromatic heterocycles. The lowest BCUT2D eigenvalue weighted by Gasteiger charge is -2.19. The zero-order valence-corrected chi connectivity index (χ0v) is 12.1. The van der Waals surface area contributed by atoms with Gasteiger partial charge in [-0.25, -0.2) is 4.79 Å². The van der Waals surface area contributed by atoms with Gasteiger partial charge >= 0.3 is 6.03 Å². The van der Waals surface area contributed by atoms with E-state index in [4.69, 9.17) is 4.74 Å². The third-order valence-corrected chi connectivity index (χ3v) is 4.81. The van der Waals surface area contributed by atoms with Crippen LogP contribution in [0.25, 0.3) is 0 Å². The molecule has 3 aliphatic rings. The maximum Gasteiger partial charge on any atom is 0.323 e. The average Bonchev–Trinajstić information content (AvgIpc) is 3.13. The van der Waals surface area contributed by atoms with Crippen LogP contribution in [0.15, 0.2) is 18.2 Å². The molecule has 21 heavy (non-hydrogen) atoms. The Morgan fingerprint density at radius 2 is 1.90 bits per heavy atom. The van der Waals surface area contributed by atoms with E-state index in [0.717, 1.165) is 24.3 Å². The highest BCUT2D eigenvalue weighted by molar-refractivity contribution is 5.88. The molecule has 1 N–H and O–H groups in total. The fourth-order valence-electron chi connectivity index (χ4n) is 3.49. The number of urea groups is 1. The summed E-state index contributed by atoms with van der Waals surface area (Å²) in [5.74, 6) is 1.39. The van der Waals surface area contributed by atoms with E-state index >= 15 is 0 Å². The van der Waals surface area contributed by atoms with Gasteiger partial charge in [-0.15, -0.1) is 5.10 Å². The number of anilines is 1. The van der Waals surface area contributed by atoms with Crippen molar-refractivity contribution in [3.63, 3.8) is 0 Å². The van der Waals surface area contributed by atoms with Crippen LogP contribution in [-0.2, 0) is 4.74 Å². The van der Waals surface area contributed by atoms with E-state index in [1.807, 2.05) is 24.8 Å². The van der Waals surface area contributed by atoms with Crippen molar-refractivity contribution in [1.82, 2.24) is 15.1 Å². The molecule has 4 rings (SSSR count). The number of amides is 2. The number of carbonyl (C=O) groups excluding carboxylic acids is 1. The first kappa shape index (κ1) is 12.8. The minimum Gasteiger partial charge on any atom is -0.366 e. The van der Waals surface area contributed by atoms with Crippen LogP contribution in [0.1, 0.15) is 11.3 Å². The van der Waals surface area contributed by atoms with Gasteiger partial charge in [-0.3, -0.25) is 5.32 Å². The van der Waals surface area contributed by atoms with Gasteiger partial charge in [0.05, 0.1) is 17.9 Å². The van der Waals surface area contributed by atoms with Crippen LogP contribution in [0.5, 0.6) is 0 Å². The average molecular weight is 286 g/mol. The number of hydrogen-bond acceptors (Lipinski definition) is 4. The standard InChI is InChI=1S/C15H18N4O2/c1-8-5-14(18-17-9(8)2)16-15(20)19-6-10-11(7-19)13-4-3-12(10)21-13/h3-5,10-13H,6-7H2,1-2H3,(H,16,18,20)/t10-,11+,12-,13-/m1/s1. The van der Waals surface area contributed by atoms with Gasteiger partial charge in [0.1, 0.15) is 0 Å². The van der Waals surface area contributed by atoms with Crippen LogP contribution in [0, 0.1) is 25.7 Å². The van der Waals surface area contributed by atoms with Crippen molar-refractivity contribution < 1.29 is 9.53 Å². The van der Waals surface area contributed by atoms with E-state index in [-0.39, 0.29) is 18.2 Å². The monoisotopic (exact) mass is 286 g/mol. The van der Waals surface area contributed by atoms with E-state index < -0.39 is 0 Å². The molecule has 4 heterocycles.